The molecule has 0 aromatic rings. The van der Waals surface area contributed by atoms with Gasteiger partial charge in [-0.25, -0.2) is 4.99 Å². The van der Waals surface area contributed by atoms with Gasteiger partial charge in [0.25, 0.3) is 0 Å². The molecule has 0 atom stereocenters. The highest BCUT2D eigenvalue weighted by Gasteiger charge is 2.02. The van der Waals surface area contributed by atoms with E-state index in [1.807, 2.05) is 19.3 Å². The first-order valence-electron chi connectivity index (χ1n) is 2.99. The highest BCUT2D eigenvalue weighted by Crippen LogP contribution is 2.10. The van der Waals surface area contributed by atoms with Gasteiger partial charge in [-0.3, -0.25) is 0 Å². The molecule has 10 heavy (non-hydrogen) atoms. The highest BCUT2D eigenvalue weighted by molar-refractivity contribution is 8.13. The Morgan fingerprint density at radius 1 is 1.70 bits per heavy atom. The molecule has 0 unspecified atom stereocenters. The molecular weight excluding hydrogens is 144 g/mol. The Morgan fingerprint density at radius 2 is 2.40 bits per heavy atom. The van der Waals surface area contributed by atoms with E-state index in [9.17, 15) is 0 Å². The van der Waals surface area contributed by atoms with Gasteiger partial charge in [0.1, 0.15) is 0 Å². The molecule has 54 valence electrons. The highest BCUT2D eigenvalue weighted by atomic mass is 32.2. The van der Waals surface area contributed by atoms with Crippen LogP contribution in [0.4, 0.5) is 0 Å². The van der Waals surface area contributed by atoms with Crippen molar-refractivity contribution in [3.8, 4) is 0 Å². The van der Waals surface area contributed by atoms with E-state index in [1.165, 1.54) is 0 Å². The van der Waals surface area contributed by atoms with Crippen LogP contribution >= 0.6 is 11.8 Å². The minimum absolute atomic E-state index is 0.914. The summed E-state index contributed by atoms with van der Waals surface area (Å²) in [6.45, 7) is 5.74. The number of amidine groups is 1. The van der Waals surface area contributed by atoms with Crippen LogP contribution in [0.5, 0.6) is 0 Å². The summed E-state index contributed by atoms with van der Waals surface area (Å²) in [5.74, 6) is 0. The maximum absolute atomic E-state index is 4.22. The molecular formula is C7H10N2S. The first kappa shape index (κ1) is 7.41. The Balaban J connectivity index is 2.80. The fraction of sp³-hybridized carbons (Fsp3) is 0.286. The first-order valence-corrected chi connectivity index (χ1v) is 4.22. The molecule has 1 aliphatic rings. The van der Waals surface area contributed by atoms with Crippen LogP contribution in [0.1, 0.15) is 6.92 Å². The predicted octanol–water partition coefficient (Wildman–Crippen LogP) is 1.73. The van der Waals surface area contributed by atoms with Gasteiger partial charge in [-0.1, -0.05) is 18.3 Å². The van der Waals surface area contributed by atoms with E-state index >= 15 is 0 Å². The molecule has 0 bridgehead atoms. The zero-order chi connectivity index (χ0) is 7.56. The van der Waals surface area contributed by atoms with Crippen molar-refractivity contribution in [3.05, 3.63) is 24.0 Å². The van der Waals surface area contributed by atoms with Crippen molar-refractivity contribution < 1.29 is 0 Å². The lowest BCUT2D eigenvalue weighted by atomic mass is 10.3. The van der Waals surface area contributed by atoms with Crippen molar-refractivity contribution in [3.63, 3.8) is 0 Å². The normalized spacial score (nSPS) is 17.6. The van der Waals surface area contributed by atoms with E-state index in [0.29, 0.717) is 0 Å². The van der Waals surface area contributed by atoms with E-state index in [1.54, 1.807) is 11.8 Å². The van der Waals surface area contributed by atoms with Gasteiger partial charge in [0.05, 0.1) is 0 Å². The number of allylic oxidation sites excluding steroid dienone is 2. The molecule has 2 nitrogen and oxygen atoms in total. The molecule has 0 aromatic carbocycles. The first-order chi connectivity index (χ1) is 4.72. The Kier molecular flexibility index (Phi) is 2.17. The molecule has 0 saturated carbocycles. The summed E-state index contributed by atoms with van der Waals surface area (Å²) in [6.07, 6.45) is 3.90. The van der Waals surface area contributed by atoms with Gasteiger partial charge < -0.3 is 5.32 Å². The minimum atomic E-state index is 0.914. The van der Waals surface area contributed by atoms with Gasteiger partial charge in [-0.15, -0.1) is 0 Å². The summed E-state index contributed by atoms with van der Waals surface area (Å²) < 4.78 is 0. The number of thioether (sulfide) groups is 1. The Bertz CT molecular complexity index is 216. The van der Waals surface area contributed by atoms with Crippen LogP contribution < -0.4 is 5.32 Å². The predicted molar refractivity (Wildman–Crippen MR) is 47.0 cm³/mol. The molecule has 1 rings (SSSR count). The monoisotopic (exact) mass is 154 g/mol. The molecule has 1 aliphatic heterocycles. The number of hydrogen-bond donors (Lipinski definition) is 1. The molecule has 0 spiro atoms. The van der Waals surface area contributed by atoms with Gasteiger partial charge in [0, 0.05) is 11.4 Å². The van der Waals surface area contributed by atoms with Gasteiger partial charge in [-0.05, 0) is 19.3 Å². The summed E-state index contributed by atoms with van der Waals surface area (Å²) in [6, 6.07) is 0. The maximum atomic E-state index is 4.22. The number of hydrogen-bond acceptors (Lipinski definition) is 3. The molecule has 1 heterocycles. The zero-order valence-electron chi connectivity index (χ0n) is 6.14. The molecule has 0 aliphatic carbocycles. The van der Waals surface area contributed by atoms with Gasteiger partial charge >= 0.3 is 0 Å². The van der Waals surface area contributed by atoms with Crippen molar-refractivity contribution in [2.24, 2.45) is 4.99 Å². The third-order valence-electron chi connectivity index (χ3n) is 1.12. The zero-order valence-corrected chi connectivity index (χ0v) is 6.96. The summed E-state index contributed by atoms with van der Waals surface area (Å²) in [5.41, 5.74) is 1.92. The molecule has 0 amide bonds. The van der Waals surface area contributed by atoms with Crippen LogP contribution in [-0.4, -0.2) is 11.4 Å². The topological polar surface area (TPSA) is 24.4 Å². The number of aliphatic imine (C=N–C) groups is 1. The van der Waals surface area contributed by atoms with Crippen molar-refractivity contribution in [1.29, 1.82) is 0 Å². The summed E-state index contributed by atoms with van der Waals surface area (Å²) in [4.78, 5) is 4.22. The second kappa shape index (κ2) is 2.92. The Labute approximate surface area is 65.1 Å². The molecule has 0 aromatic heterocycles. The molecule has 0 saturated heterocycles. The number of nitrogens with one attached hydrogen (secondary N) is 1. The van der Waals surface area contributed by atoms with Gasteiger partial charge in [0.15, 0.2) is 5.17 Å². The van der Waals surface area contributed by atoms with E-state index in [0.717, 1.165) is 16.6 Å². The van der Waals surface area contributed by atoms with E-state index in [-0.39, 0.29) is 0 Å². The lowest BCUT2D eigenvalue weighted by Gasteiger charge is -2.12. The standard InChI is InChI=1S/C7H10N2S/c1-5-4-6(2)9-7(8-5)10-3/h4H,1H2,2-3H3,(H,8,9). The average molecular weight is 154 g/mol. The van der Waals surface area contributed by atoms with Crippen LogP contribution in [0.25, 0.3) is 0 Å². The molecule has 0 radical (unpaired) electrons. The van der Waals surface area contributed by atoms with E-state index in [2.05, 4.69) is 16.9 Å². The number of rotatable bonds is 0. The van der Waals surface area contributed by atoms with Crippen LogP contribution in [0.3, 0.4) is 0 Å². The average Bonchev–Trinajstić information content (AvgIpc) is 1.85. The van der Waals surface area contributed by atoms with Crippen molar-refractivity contribution in [1.82, 2.24) is 5.32 Å². The van der Waals surface area contributed by atoms with Crippen molar-refractivity contribution >= 4 is 16.9 Å². The lowest BCUT2D eigenvalue weighted by Crippen LogP contribution is -2.20. The van der Waals surface area contributed by atoms with Crippen LogP contribution in [-0.2, 0) is 0 Å². The molecule has 0 fully saturated rings. The molecule has 3 heteroatoms. The SMILES string of the molecule is C=C1C=C(C)N=C(SC)N1. The van der Waals surface area contributed by atoms with Crippen molar-refractivity contribution in [2.45, 2.75) is 6.92 Å². The summed E-state index contributed by atoms with van der Waals surface area (Å²) >= 11 is 1.59. The van der Waals surface area contributed by atoms with Crippen LogP contribution in [0.2, 0.25) is 0 Å². The van der Waals surface area contributed by atoms with E-state index < -0.39 is 0 Å². The second-order valence-corrected chi connectivity index (χ2v) is 2.85. The fourth-order valence-corrected chi connectivity index (χ4v) is 1.21. The van der Waals surface area contributed by atoms with Crippen molar-refractivity contribution in [2.75, 3.05) is 6.26 Å². The summed E-state index contributed by atoms with van der Waals surface area (Å²) in [5, 5.41) is 3.96. The summed E-state index contributed by atoms with van der Waals surface area (Å²) in [7, 11) is 0. The lowest BCUT2D eigenvalue weighted by molar-refractivity contribution is 1.12. The minimum Gasteiger partial charge on any atom is -0.335 e. The van der Waals surface area contributed by atoms with Crippen LogP contribution in [0, 0.1) is 0 Å². The third-order valence-corrected chi connectivity index (χ3v) is 1.70. The molecule has 1 N–H and O–H groups in total. The Morgan fingerprint density at radius 3 is 2.90 bits per heavy atom. The van der Waals surface area contributed by atoms with Gasteiger partial charge in [0.2, 0.25) is 0 Å². The second-order valence-electron chi connectivity index (χ2n) is 2.06. The fourth-order valence-electron chi connectivity index (χ4n) is 0.743. The quantitative estimate of drug-likeness (QED) is 0.574. The maximum Gasteiger partial charge on any atom is 0.165 e. The smallest absolute Gasteiger partial charge is 0.165 e. The largest absolute Gasteiger partial charge is 0.335 e. The van der Waals surface area contributed by atoms with E-state index in [4.69, 9.17) is 0 Å². The van der Waals surface area contributed by atoms with Crippen LogP contribution in [0.15, 0.2) is 29.0 Å². The van der Waals surface area contributed by atoms with Gasteiger partial charge in [-0.2, -0.15) is 0 Å². The number of nitrogens with zero attached hydrogens (tertiary/aromatic N) is 1. The third kappa shape index (κ3) is 1.64. The Hall–Kier alpha value is -0.700.